The third-order valence-electron chi connectivity index (χ3n) is 3.03. The van der Waals surface area contributed by atoms with Gasteiger partial charge in [-0.25, -0.2) is 4.79 Å². The molecule has 1 aliphatic heterocycles. The fourth-order valence-electron chi connectivity index (χ4n) is 2.11. The zero-order valence-electron chi connectivity index (χ0n) is 10.1. The first-order valence-electron chi connectivity index (χ1n) is 5.99. The Morgan fingerprint density at radius 1 is 1.50 bits per heavy atom. The predicted molar refractivity (Wildman–Crippen MR) is 64.7 cm³/mol. The number of alkyl halides is 1. The number of nitrogens with zero attached hydrogens (tertiary/aromatic N) is 1. The molecule has 1 heterocycles. The van der Waals surface area contributed by atoms with Crippen molar-refractivity contribution in [1.29, 1.82) is 0 Å². The van der Waals surface area contributed by atoms with E-state index in [0.29, 0.717) is 32.5 Å². The van der Waals surface area contributed by atoms with Gasteiger partial charge in [0.25, 0.3) is 0 Å². The van der Waals surface area contributed by atoms with Gasteiger partial charge < -0.3 is 14.7 Å². The maximum atomic E-state index is 12.0. The highest BCUT2D eigenvalue weighted by Crippen LogP contribution is 2.28. The van der Waals surface area contributed by atoms with E-state index in [-0.39, 0.29) is 6.67 Å². The van der Waals surface area contributed by atoms with E-state index in [1.165, 1.54) is 4.90 Å². The number of carbonyl (C=O) groups is 1. The number of ether oxygens (including phenoxy) is 1. The first-order chi connectivity index (χ1) is 8.72. The van der Waals surface area contributed by atoms with Crippen LogP contribution in [0, 0.1) is 0 Å². The zero-order chi connectivity index (χ0) is 13.0. The first kappa shape index (κ1) is 12.7. The topological polar surface area (TPSA) is 49.8 Å². The maximum Gasteiger partial charge on any atom is 0.407 e. The highest BCUT2D eigenvalue weighted by Gasteiger charge is 2.22. The smallest absolute Gasteiger partial charge is 0.407 e. The molecule has 0 unspecified atom stereocenters. The summed E-state index contributed by atoms with van der Waals surface area (Å²) >= 11 is 0. The van der Waals surface area contributed by atoms with E-state index in [2.05, 4.69) is 0 Å². The molecule has 1 aromatic rings. The summed E-state index contributed by atoms with van der Waals surface area (Å²) in [5.74, 6) is 0.756. The van der Waals surface area contributed by atoms with Crippen LogP contribution in [0.15, 0.2) is 18.2 Å². The summed E-state index contributed by atoms with van der Waals surface area (Å²) in [6.45, 7) is 0.841. The average molecular weight is 253 g/mol. The van der Waals surface area contributed by atoms with Crippen molar-refractivity contribution in [2.24, 2.45) is 0 Å². The maximum absolute atomic E-state index is 12.0. The van der Waals surface area contributed by atoms with Crippen LogP contribution in [0.1, 0.15) is 17.5 Å². The van der Waals surface area contributed by atoms with Gasteiger partial charge in [-0.1, -0.05) is 12.1 Å². The van der Waals surface area contributed by atoms with Crippen LogP contribution in [0.25, 0.3) is 0 Å². The Morgan fingerprint density at radius 2 is 2.33 bits per heavy atom. The molecule has 0 fully saturated rings. The van der Waals surface area contributed by atoms with E-state index in [1.54, 1.807) is 0 Å². The lowest BCUT2D eigenvalue weighted by Crippen LogP contribution is -2.34. The van der Waals surface area contributed by atoms with Crippen molar-refractivity contribution in [2.45, 2.75) is 19.4 Å². The largest absolute Gasteiger partial charge is 0.493 e. The molecule has 98 valence electrons. The minimum Gasteiger partial charge on any atom is -0.493 e. The van der Waals surface area contributed by atoms with Crippen LogP contribution >= 0.6 is 0 Å². The molecule has 2 rings (SSSR count). The number of halogens is 1. The van der Waals surface area contributed by atoms with Crippen molar-refractivity contribution in [3.63, 3.8) is 0 Å². The molecule has 0 bridgehead atoms. The van der Waals surface area contributed by atoms with Crippen molar-refractivity contribution in [1.82, 2.24) is 4.90 Å². The summed E-state index contributed by atoms with van der Waals surface area (Å²) in [5.41, 5.74) is 2.02. The van der Waals surface area contributed by atoms with E-state index in [9.17, 15) is 9.18 Å². The zero-order valence-corrected chi connectivity index (χ0v) is 10.1. The fourth-order valence-corrected chi connectivity index (χ4v) is 2.11. The molecule has 0 aromatic heterocycles. The Bertz CT molecular complexity index is 436. The van der Waals surface area contributed by atoms with Gasteiger partial charge in [0, 0.05) is 25.1 Å². The second kappa shape index (κ2) is 5.71. The van der Waals surface area contributed by atoms with Gasteiger partial charge in [-0.15, -0.1) is 0 Å². The van der Waals surface area contributed by atoms with Crippen LogP contribution in [0.3, 0.4) is 0 Å². The van der Waals surface area contributed by atoms with E-state index < -0.39 is 6.09 Å². The fraction of sp³-hybridized carbons (Fsp3) is 0.462. The standard InChI is InChI=1S/C13H16FNO3/c14-6-2-8-18-12-4-1-3-10-9-15(13(16)17)7-5-11(10)12/h1,3-4H,2,5-9H2,(H,16,17). The Balaban J connectivity index is 2.11. The Labute approximate surface area is 105 Å². The molecule has 0 saturated carbocycles. The van der Waals surface area contributed by atoms with Gasteiger partial charge in [-0.05, 0) is 18.1 Å². The molecule has 0 saturated heterocycles. The molecule has 18 heavy (non-hydrogen) atoms. The van der Waals surface area contributed by atoms with Gasteiger partial charge in [0.1, 0.15) is 5.75 Å². The molecular weight excluding hydrogens is 237 g/mol. The van der Waals surface area contributed by atoms with Crippen molar-refractivity contribution in [3.8, 4) is 5.75 Å². The minimum absolute atomic E-state index is 0.357. The summed E-state index contributed by atoms with van der Waals surface area (Å²) in [5, 5.41) is 8.96. The van der Waals surface area contributed by atoms with Crippen LogP contribution in [0.2, 0.25) is 0 Å². The third-order valence-corrected chi connectivity index (χ3v) is 3.03. The molecule has 1 amide bonds. The highest BCUT2D eigenvalue weighted by atomic mass is 19.1. The molecule has 4 nitrogen and oxygen atoms in total. The summed E-state index contributed by atoms with van der Waals surface area (Å²) in [6.07, 6.45) is 0.127. The normalized spacial score (nSPS) is 14.2. The first-order valence-corrected chi connectivity index (χ1v) is 5.99. The van der Waals surface area contributed by atoms with Crippen LogP contribution in [0.4, 0.5) is 9.18 Å². The van der Waals surface area contributed by atoms with E-state index in [1.807, 2.05) is 18.2 Å². The molecule has 0 aliphatic carbocycles. The quantitative estimate of drug-likeness (QED) is 0.838. The number of hydrogen-bond acceptors (Lipinski definition) is 2. The molecule has 1 aromatic carbocycles. The Hall–Kier alpha value is -1.78. The van der Waals surface area contributed by atoms with Crippen LogP contribution in [-0.2, 0) is 13.0 Å². The van der Waals surface area contributed by atoms with Gasteiger partial charge in [-0.2, -0.15) is 0 Å². The van der Waals surface area contributed by atoms with Crippen molar-refractivity contribution < 1.29 is 19.0 Å². The van der Waals surface area contributed by atoms with Gasteiger partial charge in [0.15, 0.2) is 0 Å². The monoisotopic (exact) mass is 253 g/mol. The summed E-state index contributed by atoms with van der Waals surface area (Å²) in [6, 6.07) is 5.61. The number of carboxylic acid groups (broad SMARTS) is 1. The second-order valence-electron chi connectivity index (χ2n) is 4.24. The average Bonchev–Trinajstić information content (AvgIpc) is 2.38. The van der Waals surface area contributed by atoms with Gasteiger partial charge in [-0.3, -0.25) is 4.39 Å². The summed E-state index contributed by atoms with van der Waals surface area (Å²) in [7, 11) is 0. The third kappa shape index (κ3) is 2.72. The van der Waals surface area contributed by atoms with Gasteiger partial charge in [0.2, 0.25) is 0 Å². The minimum atomic E-state index is -0.899. The van der Waals surface area contributed by atoms with Crippen molar-refractivity contribution >= 4 is 6.09 Å². The molecule has 0 radical (unpaired) electrons. The Kier molecular flexibility index (Phi) is 4.02. The lowest BCUT2D eigenvalue weighted by atomic mass is 9.99. The van der Waals surface area contributed by atoms with E-state index in [4.69, 9.17) is 9.84 Å². The molecule has 0 spiro atoms. The van der Waals surface area contributed by atoms with Gasteiger partial charge in [0.05, 0.1) is 13.3 Å². The summed E-state index contributed by atoms with van der Waals surface area (Å²) < 4.78 is 17.6. The van der Waals surface area contributed by atoms with E-state index >= 15 is 0 Å². The lowest BCUT2D eigenvalue weighted by Gasteiger charge is -2.27. The highest BCUT2D eigenvalue weighted by molar-refractivity contribution is 5.65. The number of hydrogen-bond donors (Lipinski definition) is 1. The number of fused-ring (bicyclic) bond motifs is 1. The van der Waals surface area contributed by atoms with Crippen LogP contribution in [-0.4, -0.2) is 35.9 Å². The second-order valence-corrected chi connectivity index (χ2v) is 4.24. The number of amides is 1. The van der Waals surface area contributed by atoms with Crippen molar-refractivity contribution in [3.05, 3.63) is 29.3 Å². The summed E-state index contributed by atoms with van der Waals surface area (Å²) in [4.78, 5) is 12.3. The van der Waals surface area contributed by atoms with Crippen LogP contribution in [0.5, 0.6) is 5.75 Å². The van der Waals surface area contributed by atoms with Crippen molar-refractivity contribution in [2.75, 3.05) is 19.8 Å². The number of rotatable bonds is 4. The lowest BCUT2D eigenvalue weighted by molar-refractivity contribution is 0.139. The molecule has 5 heteroatoms. The van der Waals surface area contributed by atoms with Crippen LogP contribution < -0.4 is 4.74 Å². The molecule has 0 atom stereocenters. The predicted octanol–water partition coefficient (Wildman–Crippen LogP) is 2.46. The van der Waals surface area contributed by atoms with E-state index in [0.717, 1.165) is 16.9 Å². The molecule has 1 aliphatic rings. The van der Waals surface area contributed by atoms with Gasteiger partial charge >= 0.3 is 6.09 Å². The SMILES string of the molecule is O=C(O)N1CCc2c(cccc2OCCCF)C1. The number of benzene rings is 1. The molecular formula is C13H16FNO3. The Morgan fingerprint density at radius 3 is 3.06 bits per heavy atom. The molecule has 1 N–H and O–H groups in total.